The van der Waals surface area contributed by atoms with Gasteiger partial charge in [0.05, 0.1) is 19.8 Å². The van der Waals surface area contributed by atoms with Crippen molar-refractivity contribution < 1.29 is 57.1 Å². The van der Waals surface area contributed by atoms with Crippen LogP contribution in [0.15, 0.2) is 18.6 Å². The van der Waals surface area contributed by atoms with Gasteiger partial charge in [-0.2, -0.15) is 0 Å². The Morgan fingerprint density at radius 3 is 0.681 bits per heavy atom. The van der Waals surface area contributed by atoms with Crippen molar-refractivity contribution in [1.82, 2.24) is 15.0 Å². The van der Waals surface area contributed by atoms with Gasteiger partial charge >= 0.3 is 17.9 Å². The van der Waals surface area contributed by atoms with Crippen LogP contribution >= 0.6 is 0 Å². The topological polar surface area (TPSA) is 187 Å². The zero-order chi connectivity index (χ0) is 50.7. The first kappa shape index (κ1) is 62.5. The van der Waals surface area contributed by atoms with Crippen molar-refractivity contribution in [1.29, 1.82) is 0 Å². The summed E-state index contributed by atoms with van der Waals surface area (Å²) in [6.07, 6.45) is 44.9. The lowest BCUT2D eigenvalue weighted by Crippen LogP contribution is -2.01. The maximum absolute atomic E-state index is 13.6. The third kappa shape index (κ3) is 30.6. The Morgan fingerprint density at radius 2 is 0.522 bits per heavy atom. The lowest BCUT2D eigenvalue weighted by atomic mass is 10.1. The molecule has 0 aliphatic carbocycles. The fraction of sp³-hybridized carbons (Fsp3) is 0.722. The standard InChI is InChI=1S/C19H32FNO3.C18H30FNO3.C17H28FNO3/c1-2-3-4-5-6-7-8-9-10-11-12-13-14-24-16-15-21-18(17(16)20)19(22)23;1-2-3-4-5-6-7-8-9-10-11-12-13-23-15-14-20-17(16(15)19)18(21)22;1-2-3-4-5-6-7-8-9-10-11-12-22-14-13-19-16(15(14)18)17(20)21/h15,21H,2-14H2,1H3,(H,22,23);14,20H,2-13H2,1H3,(H,21,22);13,19H,2-12H2,1H3,(H,20,21). The second kappa shape index (κ2) is 42.3. The number of carbonyl (C=O) groups is 3. The SMILES string of the molecule is CCCCCCCCCCCCCCOc1c[nH]c(C(=O)O)c1F.CCCCCCCCCCCCCOc1c[nH]c(C(=O)O)c1F.CCCCCCCCCCCCOc1c[nH]c(C(=O)O)c1F. The van der Waals surface area contributed by atoms with Gasteiger partial charge in [-0.15, -0.1) is 0 Å². The number of carboxylic acid groups (broad SMARTS) is 3. The number of nitrogens with one attached hydrogen (secondary N) is 3. The van der Waals surface area contributed by atoms with Gasteiger partial charge < -0.3 is 44.5 Å². The summed E-state index contributed by atoms with van der Waals surface area (Å²) in [5.41, 5.74) is -1.34. The van der Waals surface area contributed by atoms with Gasteiger partial charge in [-0.3, -0.25) is 0 Å². The van der Waals surface area contributed by atoms with Crippen LogP contribution in [0.5, 0.6) is 17.2 Å². The molecule has 15 heteroatoms. The minimum absolute atomic E-state index is 0.00419. The number of unbranched alkanes of at least 4 members (excludes halogenated alkanes) is 30. The highest BCUT2D eigenvalue weighted by Crippen LogP contribution is 2.23. The number of aromatic amines is 3. The molecule has 69 heavy (non-hydrogen) atoms. The van der Waals surface area contributed by atoms with Crippen LogP contribution in [0.2, 0.25) is 0 Å². The minimum Gasteiger partial charge on any atom is -0.489 e. The molecule has 396 valence electrons. The highest BCUT2D eigenvalue weighted by atomic mass is 19.1. The monoisotopic (exact) mass is 982 g/mol. The number of carboxylic acids is 3. The molecule has 0 bridgehead atoms. The summed E-state index contributed by atoms with van der Waals surface area (Å²) in [6, 6.07) is 0. The molecule has 0 unspecified atom stereocenters. The van der Waals surface area contributed by atoms with Crippen LogP contribution in [0.25, 0.3) is 0 Å². The number of ether oxygens (including phenoxy) is 3. The maximum atomic E-state index is 13.6. The third-order valence-electron chi connectivity index (χ3n) is 12.0. The van der Waals surface area contributed by atoms with Gasteiger partial charge in [0.2, 0.25) is 0 Å². The number of hydrogen-bond donors (Lipinski definition) is 6. The molecule has 0 amide bonds. The van der Waals surface area contributed by atoms with Crippen molar-refractivity contribution in [3.63, 3.8) is 0 Å². The first-order valence-electron chi connectivity index (χ1n) is 26.7. The first-order chi connectivity index (χ1) is 33.5. The summed E-state index contributed by atoms with van der Waals surface area (Å²) >= 11 is 0. The lowest BCUT2D eigenvalue weighted by Gasteiger charge is -2.05. The van der Waals surface area contributed by atoms with Crippen LogP contribution in [-0.2, 0) is 0 Å². The largest absolute Gasteiger partial charge is 0.489 e. The third-order valence-corrected chi connectivity index (χ3v) is 12.0. The normalized spacial score (nSPS) is 10.9. The maximum Gasteiger partial charge on any atom is 0.355 e. The number of aromatic carboxylic acids is 3. The minimum atomic E-state index is -1.31. The van der Waals surface area contributed by atoms with Crippen molar-refractivity contribution in [2.75, 3.05) is 19.8 Å². The van der Waals surface area contributed by atoms with Crippen molar-refractivity contribution in [3.8, 4) is 17.2 Å². The van der Waals surface area contributed by atoms with E-state index in [1.165, 1.54) is 192 Å². The molecule has 0 aliphatic rings. The molecule has 3 rings (SSSR count). The highest BCUT2D eigenvalue weighted by Gasteiger charge is 2.19. The molecule has 0 aliphatic heterocycles. The average Bonchev–Trinajstić information content (AvgIpc) is 4.02. The molecule has 0 saturated carbocycles. The Labute approximate surface area is 411 Å². The van der Waals surface area contributed by atoms with Gasteiger partial charge in [0.25, 0.3) is 0 Å². The van der Waals surface area contributed by atoms with Crippen molar-refractivity contribution >= 4 is 17.9 Å². The molecular formula is C54H90F3N3O9. The quantitative estimate of drug-likeness (QED) is 0.0300. The number of hydrogen-bond acceptors (Lipinski definition) is 6. The Morgan fingerprint density at radius 1 is 0.348 bits per heavy atom. The molecule has 3 heterocycles. The van der Waals surface area contributed by atoms with Crippen molar-refractivity contribution in [2.45, 2.75) is 233 Å². The number of H-pyrrole nitrogens is 3. The van der Waals surface area contributed by atoms with Crippen molar-refractivity contribution in [2.24, 2.45) is 0 Å². The number of halogens is 3. The first-order valence-corrected chi connectivity index (χ1v) is 26.7. The molecule has 0 spiro atoms. The zero-order valence-electron chi connectivity index (χ0n) is 42.6. The van der Waals surface area contributed by atoms with Gasteiger partial charge in [0.1, 0.15) is 0 Å². The number of aromatic nitrogens is 3. The van der Waals surface area contributed by atoms with E-state index >= 15 is 0 Å². The Hall–Kier alpha value is -4.56. The van der Waals surface area contributed by atoms with Crippen molar-refractivity contribution in [3.05, 3.63) is 53.1 Å². The second-order valence-corrected chi connectivity index (χ2v) is 18.1. The molecule has 3 aromatic heterocycles. The summed E-state index contributed by atoms with van der Waals surface area (Å²) < 4.78 is 56.6. The van der Waals surface area contributed by atoms with E-state index < -0.39 is 52.4 Å². The summed E-state index contributed by atoms with van der Waals surface area (Å²) in [5.74, 6) is -6.41. The molecule has 0 radical (unpaired) electrons. The van der Waals surface area contributed by atoms with Crippen LogP contribution in [0, 0.1) is 17.5 Å². The molecule has 0 saturated heterocycles. The van der Waals surface area contributed by atoms with Gasteiger partial charge in [-0.05, 0) is 19.3 Å². The summed E-state index contributed by atoms with van der Waals surface area (Å²) in [5, 5.41) is 26.2. The van der Waals surface area contributed by atoms with Crippen LogP contribution in [-0.4, -0.2) is 68.0 Å². The lowest BCUT2D eigenvalue weighted by molar-refractivity contribution is 0.0674. The van der Waals surface area contributed by atoms with Gasteiger partial charge in [0.15, 0.2) is 51.8 Å². The van der Waals surface area contributed by atoms with Gasteiger partial charge in [0, 0.05) is 18.6 Å². The van der Waals surface area contributed by atoms with E-state index in [1.54, 1.807) is 0 Å². The van der Waals surface area contributed by atoms with Crippen LogP contribution in [0.4, 0.5) is 13.2 Å². The van der Waals surface area contributed by atoms with Crippen LogP contribution < -0.4 is 14.2 Å². The Kier molecular flexibility index (Phi) is 38.3. The predicted octanol–water partition coefficient (Wildman–Crippen LogP) is 16.6. The van der Waals surface area contributed by atoms with E-state index in [1.807, 2.05) is 0 Å². The predicted molar refractivity (Wildman–Crippen MR) is 269 cm³/mol. The summed E-state index contributed by atoms with van der Waals surface area (Å²) in [4.78, 5) is 39.1. The molecule has 0 atom stereocenters. The van der Waals surface area contributed by atoms with E-state index in [0.717, 1.165) is 38.5 Å². The van der Waals surface area contributed by atoms with E-state index in [9.17, 15) is 27.6 Å². The molecule has 0 aromatic carbocycles. The molecular weight excluding hydrogens is 892 g/mol. The molecule has 6 N–H and O–H groups in total. The van der Waals surface area contributed by atoms with E-state index in [0.29, 0.717) is 19.8 Å². The average molecular weight is 982 g/mol. The fourth-order valence-electron chi connectivity index (χ4n) is 7.79. The van der Waals surface area contributed by atoms with E-state index in [2.05, 4.69) is 35.7 Å². The van der Waals surface area contributed by atoms with Gasteiger partial charge in [-0.1, -0.05) is 213 Å². The van der Waals surface area contributed by atoms with Gasteiger partial charge in [-0.25, -0.2) is 27.6 Å². The Balaban J connectivity index is 0.000000518. The smallest absolute Gasteiger partial charge is 0.355 e. The molecule has 3 aromatic rings. The highest BCUT2D eigenvalue weighted by molar-refractivity contribution is 5.87. The Bertz CT molecular complexity index is 1730. The molecule has 0 fully saturated rings. The zero-order valence-corrected chi connectivity index (χ0v) is 42.6. The van der Waals surface area contributed by atoms with E-state index in [4.69, 9.17) is 29.5 Å². The number of rotatable bonds is 42. The van der Waals surface area contributed by atoms with E-state index in [-0.39, 0.29) is 17.2 Å². The fourth-order valence-corrected chi connectivity index (χ4v) is 7.79. The second-order valence-electron chi connectivity index (χ2n) is 18.1. The van der Waals surface area contributed by atoms with Crippen LogP contribution in [0.3, 0.4) is 0 Å². The molecule has 12 nitrogen and oxygen atoms in total. The summed E-state index contributed by atoms with van der Waals surface area (Å²) in [7, 11) is 0. The van der Waals surface area contributed by atoms with Crippen LogP contribution in [0.1, 0.15) is 264 Å². The summed E-state index contributed by atoms with van der Waals surface area (Å²) in [6.45, 7) is 7.97.